The molecule has 2 heterocycles. The smallest absolute Gasteiger partial charge is 0.225 e. The molecule has 7 nitrogen and oxygen atoms in total. The molecule has 0 bridgehead atoms. The molecule has 1 aromatic carbocycles. The van der Waals surface area contributed by atoms with Crippen molar-refractivity contribution in [1.29, 1.82) is 0 Å². The van der Waals surface area contributed by atoms with Gasteiger partial charge < -0.3 is 19.9 Å². The van der Waals surface area contributed by atoms with E-state index in [9.17, 15) is 0 Å². The maximum absolute atomic E-state index is 5.99. The van der Waals surface area contributed by atoms with Crippen molar-refractivity contribution in [3.05, 3.63) is 48.3 Å². The number of para-hydroxylation sites is 1. The average Bonchev–Trinajstić information content (AvgIpc) is 2.75. The highest BCUT2D eigenvalue weighted by atomic mass is 16.5. The van der Waals surface area contributed by atoms with Gasteiger partial charge in [-0.05, 0) is 23.6 Å². The molecule has 0 atom stereocenters. The number of piperazine rings is 1. The Labute approximate surface area is 167 Å². The predicted octanol–water partition coefficient (Wildman–Crippen LogP) is 2.38. The lowest BCUT2D eigenvalue weighted by molar-refractivity contribution is 0.311. The van der Waals surface area contributed by atoms with Gasteiger partial charge in [-0.25, -0.2) is 9.97 Å². The molecule has 1 aliphatic rings. The lowest BCUT2D eigenvalue weighted by atomic mass is 10.0. The molecular weight excluding hydrogens is 352 g/mol. The van der Waals surface area contributed by atoms with Crippen molar-refractivity contribution in [3.63, 3.8) is 0 Å². The van der Waals surface area contributed by atoms with Gasteiger partial charge in [0.05, 0.1) is 6.54 Å². The summed E-state index contributed by atoms with van der Waals surface area (Å²) in [5, 5.41) is 3.41. The van der Waals surface area contributed by atoms with Crippen LogP contribution in [-0.2, 0) is 0 Å². The molecule has 1 aliphatic heterocycles. The van der Waals surface area contributed by atoms with E-state index in [0.29, 0.717) is 19.1 Å². The van der Waals surface area contributed by atoms with Crippen molar-refractivity contribution >= 4 is 11.9 Å². The highest BCUT2D eigenvalue weighted by molar-refractivity contribution is 5.80. The number of ether oxygens (including phenoxy) is 1. The molecule has 1 saturated heterocycles. The minimum absolute atomic E-state index is 0.446. The van der Waals surface area contributed by atoms with Crippen molar-refractivity contribution in [2.45, 2.75) is 19.8 Å². The summed E-state index contributed by atoms with van der Waals surface area (Å²) < 4.78 is 5.99. The number of nitrogens with zero attached hydrogens (tertiary/aromatic N) is 5. The third-order valence-corrected chi connectivity index (χ3v) is 4.81. The fraction of sp³-hybridized carbons (Fsp3) is 0.476. The summed E-state index contributed by atoms with van der Waals surface area (Å²) in [6.45, 7) is 9.20. The monoisotopic (exact) mass is 382 g/mol. The standard InChI is InChI=1S/C21H30N6O/c1-17(2)18-7-4-5-8-19(18)28-16-11-25-20(22-3)26-12-14-27(15-13-26)21-23-9-6-10-24-21/h4-10,17H,11-16H2,1-3H3,(H,22,25). The molecule has 0 spiro atoms. The van der Waals surface area contributed by atoms with Gasteiger partial charge in [0, 0.05) is 45.6 Å². The minimum atomic E-state index is 0.446. The summed E-state index contributed by atoms with van der Waals surface area (Å²) >= 11 is 0. The fourth-order valence-corrected chi connectivity index (χ4v) is 3.32. The number of rotatable bonds is 6. The number of anilines is 1. The molecular formula is C21H30N6O. The molecule has 1 aromatic heterocycles. The van der Waals surface area contributed by atoms with Gasteiger partial charge in [-0.2, -0.15) is 0 Å². The van der Waals surface area contributed by atoms with E-state index in [1.54, 1.807) is 12.4 Å². The second kappa shape index (κ2) is 9.92. The first-order valence-corrected chi connectivity index (χ1v) is 9.88. The molecule has 0 radical (unpaired) electrons. The van der Waals surface area contributed by atoms with Crippen LogP contribution in [-0.4, -0.2) is 67.2 Å². The van der Waals surface area contributed by atoms with Crippen LogP contribution in [0.1, 0.15) is 25.3 Å². The highest BCUT2D eigenvalue weighted by Crippen LogP contribution is 2.25. The lowest BCUT2D eigenvalue weighted by Crippen LogP contribution is -2.53. The minimum Gasteiger partial charge on any atom is -0.491 e. The summed E-state index contributed by atoms with van der Waals surface area (Å²) in [5.74, 6) is 3.12. The second-order valence-electron chi connectivity index (χ2n) is 7.04. The molecule has 3 rings (SSSR count). The van der Waals surface area contributed by atoms with E-state index in [4.69, 9.17) is 4.74 Å². The summed E-state index contributed by atoms with van der Waals surface area (Å²) in [5.41, 5.74) is 1.24. The Morgan fingerprint density at radius 3 is 2.50 bits per heavy atom. The largest absolute Gasteiger partial charge is 0.491 e. The van der Waals surface area contributed by atoms with E-state index in [2.05, 4.69) is 56.1 Å². The van der Waals surface area contributed by atoms with Crippen molar-refractivity contribution in [3.8, 4) is 5.75 Å². The van der Waals surface area contributed by atoms with Gasteiger partial charge in [0.15, 0.2) is 5.96 Å². The molecule has 2 aromatic rings. The summed E-state index contributed by atoms with van der Waals surface area (Å²) in [6.07, 6.45) is 3.57. The van der Waals surface area contributed by atoms with Crippen LogP contribution in [0.3, 0.4) is 0 Å². The van der Waals surface area contributed by atoms with E-state index in [1.165, 1.54) is 5.56 Å². The van der Waals surface area contributed by atoms with Gasteiger partial charge >= 0.3 is 0 Å². The number of hydrogen-bond donors (Lipinski definition) is 1. The fourth-order valence-electron chi connectivity index (χ4n) is 3.32. The van der Waals surface area contributed by atoms with Gasteiger partial charge in [0.2, 0.25) is 5.95 Å². The van der Waals surface area contributed by atoms with E-state index >= 15 is 0 Å². The van der Waals surface area contributed by atoms with E-state index in [0.717, 1.165) is 43.8 Å². The quantitative estimate of drug-likeness (QED) is 0.470. The van der Waals surface area contributed by atoms with Crippen LogP contribution in [0, 0.1) is 0 Å². The Hall–Kier alpha value is -2.83. The van der Waals surface area contributed by atoms with Gasteiger partial charge in [-0.3, -0.25) is 4.99 Å². The van der Waals surface area contributed by atoms with Crippen molar-refractivity contribution in [2.75, 3.05) is 51.3 Å². The number of hydrogen-bond acceptors (Lipinski definition) is 5. The molecule has 28 heavy (non-hydrogen) atoms. The molecule has 7 heteroatoms. The highest BCUT2D eigenvalue weighted by Gasteiger charge is 2.20. The predicted molar refractivity (Wildman–Crippen MR) is 113 cm³/mol. The molecule has 0 aliphatic carbocycles. The maximum Gasteiger partial charge on any atom is 0.225 e. The number of benzene rings is 1. The molecule has 0 unspecified atom stereocenters. The van der Waals surface area contributed by atoms with Crippen molar-refractivity contribution in [1.82, 2.24) is 20.2 Å². The van der Waals surface area contributed by atoms with Crippen LogP contribution in [0.5, 0.6) is 5.75 Å². The Kier molecular flexibility index (Phi) is 7.06. The average molecular weight is 383 g/mol. The van der Waals surface area contributed by atoms with Crippen LogP contribution in [0.4, 0.5) is 5.95 Å². The van der Waals surface area contributed by atoms with Crippen LogP contribution in [0.25, 0.3) is 0 Å². The van der Waals surface area contributed by atoms with Crippen LogP contribution in [0.15, 0.2) is 47.7 Å². The molecule has 150 valence electrons. The van der Waals surface area contributed by atoms with E-state index < -0.39 is 0 Å². The number of aromatic nitrogens is 2. The Morgan fingerprint density at radius 1 is 1.11 bits per heavy atom. The molecule has 0 saturated carbocycles. The first-order chi connectivity index (χ1) is 13.7. The first-order valence-electron chi connectivity index (χ1n) is 9.88. The Bertz CT molecular complexity index is 757. The summed E-state index contributed by atoms with van der Waals surface area (Å²) in [4.78, 5) is 17.6. The van der Waals surface area contributed by atoms with Crippen LogP contribution >= 0.6 is 0 Å². The zero-order chi connectivity index (χ0) is 19.8. The number of aliphatic imine (C=N–C) groups is 1. The summed E-state index contributed by atoms with van der Waals surface area (Å²) in [6, 6.07) is 10.1. The van der Waals surface area contributed by atoms with Crippen molar-refractivity contribution < 1.29 is 4.74 Å². The molecule has 0 amide bonds. The van der Waals surface area contributed by atoms with Crippen molar-refractivity contribution in [2.24, 2.45) is 4.99 Å². The Morgan fingerprint density at radius 2 is 1.82 bits per heavy atom. The van der Waals surface area contributed by atoms with Gasteiger partial charge in [0.1, 0.15) is 12.4 Å². The number of guanidine groups is 1. The SMILES string of the molecule is CN=C(NCCOc1ccccc1C(C)C)N1CCN(c2ncccn2)CC1. The third kappa shape index (κ3) is 5.12. The molecule has 1 N–H and O–H groups in total. The van der Waals surface area contributed by atoms with Gasteiger partial charge in [-0.1, -0.05) is 32.0 Å². The van der Waals surface area contributed by atoms with E-state index in [-0.39, 0.29) is 0 Å². The van der Waals surface area contributed by atoms with Crippen LogP contribution < -0.4 is 15.0 Å². The van der Waals surface area contributed by atoms with Crippen LogP contribution in [0.2, 0.25) is 0 Å². The van der Waals surface area contributed by atoms with Gasteiger partial charge in [-0.15, -0.1) is 0 Å². The topological polar surface area (TPSA) is 65.9 Å². The normalized spacial score (nSPS) is 15.1. The zero-order valence-corrected chi connectivity index (χ0v) is 17.0. The zero-order valence-electron chi connectivity index (χ0n) is 17.0. The van der Waals surface area contributed by atoms with Gasteiger partial charge in [0.25, 0.3) is 0 Å². The lowest BCUT2D eigenvalue weighted by Gasteiger charge is -2.36. The number of nitrogens with one attached hydrogen (secondary N) is 1. The van der Waals surface area contributed by atoms with E-state index in [1.807, 2.05) is 25.2 Å². The Balaban J connectivity index is 1.44. The summed E-state index contributed by atoms with van der Waals surface area (Å²) in [7, 11) is 1.82. The first kappa shape index (κ1) is 19.9. The molecule has 1 fully saturated rings. The third-order valence-electron chi connectivity index (χ3n) is 4.81. The second-order valence-corrected chi connectivity index (χ2v) is 7.04. The maximum atomic E-state index is 5.99.